The van der Waals surface area contributed by atoms with Crippen LogP contribution in [-0.2, 0) is 9.53 Å². The number of methoxy groups -OCH3 is 1. The van der Waals surface area contributed by atoms with Gasteiger partial charge in [0.15, 0.2) is 0 Å². The molecule has 34 heavy (non-hydrogen) atoms. The lowest BCUT2D eigenvalue weighted by molar-refractivity contribution is -0.141. The van der Waals surface area contributed by atoms with E-state index in [4.69, 9.17) is 21.1 Å². The lowest BCUT2D eigenvalue weighted by Crippen LogP contribution is -2.41. The monoisotopic (exact) mass is 479 g/mol. The van der Waals surface area contributed by atoms with Crippen LogP contribution >= 0.6 is 11.6 Å². The summed E-state index contributed by atoms with van der Waals surface area (Å²) < 4.78 is 10.9. The Morgan fingerprint density at radius 2 is 1.68 bits per heavy atom. The fraction of sp³-hybridized carbons (Fsp3) is 0.259. The molecule has 1 aliphatic rings. The second kappa shape index (κ2) is 10.7. The maximum atomic E-state index is 13.5. The van der Waals surface area contributed by atoms with Gasteiger partial charge in [0, 0.05) is 23.3 Å². The zero-order valence-corrected chi connectivity index (χ0v) is 19.6. The van der Waals surface area contributed by atoms with E-state index in [1.165, 1.54) is 4.90 Å². The van der Waals surface area contributed by atoms with Crippen molar-refractivity contribution in [3.8, 4) is 16.9 Å². The smallest absolute Gasteiger partial charge is 0.326 e. The van der Waals surface area contributed by atoms with E-state index in [0.717, 1.165) is 22.4 Å². The van der Waals surface area contributed by atoms with E-state index in [2.05, 4.69) is 0 Å². The SMILES string of the molecule is COCCOc1ccccc1-c1ccc(C(=O)N2[C@@H](c3ccccc3Cl)CC[C@H]2C(=O)O)cc1. The third kappa shape index (κ3) is 4.93. The van der Waals surface area contributed by atoms with Crippen molar-refractivity contribution < 1.29 is 24.2 Å². The Hall–Kier alpha value is -3.35. The number of benzene rings is 3. The standard InChI is InChI=1S/C27H26ClNO5/c1-33-16-17-34-25-9-5-3-6-20(25)18-10-12-19(13-11-18)26(30)29-23(14-15-24(29)27(31)32)21-7-2-4-8-22(21)28/h2-13,23-24H,14-17H2,1H3,(H,31,32)/t23-,24+/m1/s1. The van der Waals surface area contributed by atoms with Gasteiger partial charge in [-0.05, 0) is 48.2 Å². The number of carboxylic acids is 1. The number of para-hydroxylation sites is 1. The zero-order chi connectivity index (χ0) is 24.1. The first kappa shape index (κ1) is 23.8. The van der Waals surface area contributed by atoms with E-state index in [1.807, 2.05) is 54.6 Å². The Bertz CT molecular complexity index is 1160. The summed E-state index contributed by atoms with van der Waals surface area (Å²) in [6.45, 7) is 0.911. The number of likely N-dealkylation sites (tertiary alicyclic amines) is 1. The summed E-state index contributed by atoms with van der Waals surface area (Å²) in [5.74, 6) is -0.615. The third-order valence-electron chi connectivity index (χ3n) is 6.04. The molecule has 0 unspecified atom stereocenters. The third-order valence-corrected chi connectivity index (χ3v) is 6.39. The average molecular weight is 480 g/mol. The number of nitrogens with zero attached hydrogens (tertiary/aromatic N) is 1. The summed E-state index contributed by atoms with van der Waals surface area (Å²) in [6, 6.07) is 20.8. The molecule has 1 N–H and O–H groups in total. The van der Waals surface area contributed by atoms with Crippen LogP contribution in [0.4, 0.5) is 0 Å². The normalized spacial score (nSPS) is 17.5. The average Bonchev–Trinajstić information content (AvgIpc) is 3.30. The van der Waals surface area contributed by atoms with Crippen molar-refractivity contribution in [3.63, 3.8) is 0 Å². The molecule has 1 heterocycles. The number of ether oxygens (including phenoxy) is 2. The number of carboxylic acid groups (broad SMARTS) is 1. The topological polar surface area (TPSA) is 76.1 Å². The molecule has 0 aromatic heterocycles. The highest BCUT2D eigenvalue weighted by Crippen LogP contribution is 2.40. The van der Waals surface area contributed by atoms with E-state index < -0.39 is 18.1 Å². The molecule has 4 rings (SSSR count). The molecule has 0 bridgehead atoms. The largest absolute Gasteiger partial charge is 0.491 e. The molecule has 1 amide bonds. The van der Waals surface area contributed by atoms with E-state index in [0.29, 0.717) is 36.6 Å². The molecule has 1 fully saturated rings. The van der Waals surface area contributed by atoms with Gasteiger partial charge >= 0.3 is 5.97 Å². The quantitative estimate of drug-likeness (QED) is 0.434. The van der Waals surface area contributed by atoms with Crippen LogP contribution in [0.15, 0.2) is 72.8 Å². The minimum atomic E-state index is -1.01. The molecule has 6 nitrogen and oxygen atoms in total. The first-order valence-electron chi connectivity index (χ1n) is 11.1. The minimum Gasteiger partial charge on any atom is -0.491 e. The zero-order valence-electron chi connectivity index (χ0n) is 18.8. The van der Waals surface area contributed by atoms with Crippen LogP contribution in [0.3, 0.4) is 0 Å². The van der Waals surface area contributed by atoms with Gasteiger partial charge in [-0.1, -0.05) is 60.1 Å². The molecular weight excluding hydrogens is 454 g/mol. The van der Waals surface area contributed by atoms with Crippen LogP contribution in [0.5, 0.6) is 5.75 Å². The number of hydrogen-bond acceptors (Lipinski definition) is 4. The maximum absolute atomic E-state index is 13.5. The molecule has 0 spiro atoms. The maximum Gasteiger partial charge on any atom is 0.326 e. The Morgan fingerprint density at radius 3 is 2.38 bits per heavy atom. The number of aliphatic carboxylic acids is 1. The molecule has 1 saturated heterocycles. The van der Waals surface area contributed by atoms with Crippen LogP contribution in [-0.4, -0.2) is 48.2 Å². The highest BCUT2D eigenvalue weighted by atomic mass is 35.5. The predicted octanol–water partition coefficient (Wildman–Crippen LogP) is 5.46. The van der Waals surface area contributed by atoms with Gasteiger partial charge < -0.3 is 19.5 Å². The van der Waals surface area contributed by atoms with Gasteiger partial charge in [0.2, 0.25) is 0 Å². The van der Waals surface area contributed by atoms with Crippen molar-refractivity contribution in [2.75, 3.05) is 20.3 Å². The van der Waals surface area contributed by atoms with Gasteiger partial charge in [-0.2, -0.15) is 0 Å². The lowest BCUT2D eigenvalue weighted by atomic mass is 10.0. The van der Waals surface area contributed by atoms with Crippen molar-refractivity contribution in [1.29, 1.82) is 0 Å². The Kier molecular flexibility index (Phi) is 7.50. The van der Waals surface area contributed by atoms with Crippen molar-refractivity contribution in [2.24, 2.45) is 0 Å². The van der Waals surface area contributed by atoms with E-state index in [9.17, 15) is 14.7 Å². The van der Waals surface area contributed by atoms with Gasteiger partial charge in [0.25, 0.3) is 5.91 Å². The second-order valence-electron chi connectivity index (χ2n) is 8.10. The summed E-state index contributed by atoms with van der Waals surface area (Å²) in [7, 11) is 1.62. The molecule has 1 aliphatic heterocycles. The highest BCUT2D eigenvalue weighted by molar-refractivity contribution is 6.31. The highest BCUT2D eigenvalue weighted by Gasteiger charge is 2.42. The van der Waals surface area contributed by atoms with Crippen LogP contribution in [0.2, 0.25) is 5.02 Å². The van der Waals surface area contributed by atoms with Crippen molar-refractivity contribution >= 4 is 23.5 Å². The first-order valence-corrected chi connectivity index (χ1v) is 11.5. The van der Waals surface area contributed by atoms with E-state index in [1.54, 1.807) is 25.3 Å². The second-order valence-corrected chi connectivity index (χ2v) is 8.50. The molecular formula is C27H26ClNO5. The van der Waals surface area contributed by atoms with Crippen LogP contribution < -0.4 is 4.74 Å². The molecule has 2 atom stereocenters. The first-order chi connectivity index (χ1) is 16.5. The predicted molar refractivity (Wildman–Crippen MR) is 130 cm³/mol. The molecule has 176 valence electrons. The molecule has 3 aromatic carbocycles. The minimum absolute atomic E-state index is 0.328. The number of carbonyl (C=O) groups excluding carboxylic acids is 1. The fourth-order valence-electron chi connectivity index (χ4n) is 4.39. The van der Waals surface area contributed by atoms with Crippen LogP contribution in [0, 0.1) is 0 Å². The van der Waals surface area contributed by atoms with Crippen molar-refractivity contribution in [3.05, 3.63) is 88.9 Å². The van der Waals surface area contributed by atoms with E-state index in [-0.39, 0.29) is 5.91 Å². The number of carbonyl (C=O) groups is 2. The summed E-state index contributed by atoms with van der Waals surface area (Å²) in [5.41, 5.74) is 2.98. The van der Waals surface area contributed by atoms with Gasteiger partial charge in [-0.15, -0.1) is 0 Å². The number of halogens is 1. The lowest BCUT2D eigenvalue weighted by Gasteiger charge is -2.29. The Labute approximate surface area is 203 Å². The number of hydrogen-bond donors (Lipinski definition) is 1. The molecule has 3 aromatic rings. The van der Waals surface area contributed by atoms with Gasteiger partial charge in [0.05, 0.1) is 12.6 Å². The summed E-state index contributed by atoms with van der Waals surface area (Å²) in [6.07, 6.45) is 0.915. The fourth-order valence-corrected chi connectivity index (χ4v) is 4.66. The van der Waals surface area contributed by atoms with Crippen LogP contribution in [0.25, 0.3) is 11.1 Å². The van der Waals surface area contributed by atoms with E-state index >= 15 is 0 Å². The Morgan fingerprint density at radius 1 is 0.971 bits per heavy atom. The number of amides is 1. The summed E-state index contributed by atoms with van der Waals surface area (Å²) in [5, 5.41) is 10.3. The summed E-state index contributed by atoms with van der Waals surface area (Å²) >= 11 is 6.39. The van der Waals surface area contributed by atoms with Crippen molar-refractivity contribution in [1.82, 2.24) is 4.90 Å². The molecule has 0 aliphatic carbocycles. The number of rotatable bonds is 8. The van der Waals surface area contributed by atoms with Crippen molar-refractivity contribution in [2.45, 2.75) is 24.9 Å². The summed E-state index contributed by atoms with van der Waals surface area (Å²) in [4.78, 5) is 26.9. The molecule has 0 saturated carbocycles. The van der Waals surface area contributed by atoms with Gasteiger partial charge in [0.1, 0.15) is 18.4 Å². The molecule has 7 heteroatoms. The van der Waals surface area contributed by atoms with Crippen LogP contribution in [0.1, 0.15) is 34.8 Å². The van der Waals surface area contributed by atoms with Gasteiger partial charge in [-0.3, -0.25) is 4.79 Å². The molecule has 0 radical (unpaired) electrons. The van der Waals surface area contributed by atoms with Gasteiger partial charge in [-0.25, -0.2) is 4.79 Å². The Balaban J connectivity index is 1.61.